The second kappa shape index (κ2) is 8.19. The smallest absolute Gasteiger partial charge is 0.359 e. The van der Waals surface area contributed by atoms with Crippen LogP contribution in [0.3, 0.4) is 0 Å². The summed E-state index contributed by atoms with van der Waals surface area (Å²) in [6.45, 7) is 9.03. The molecule has 0 bridgehead atoms. The number of aromatic hydroxyl groups is 1. The number of aromatic nitrogens is 3. The van der Waals surface area contributed by atoms with E-state index < -0.39 is 11.6 Å². The lowest BCUT2D eigenvalue weighted by Crippen LogP contribution is -2.25. The fourth-order valence-corrected chi connectivity index (χ4v) is 3.36. The van der Waals surface area contributed by atoms with E-state index in [2.05, 4.69) is 15.3 Å². The molecule has 0 fully saturated rings. The first-order chi connectivity index (χ1) is 14.4. The van der Waals surface area contributed by atoms with E-state index in [4.69, 9.17) is 16.3 Å². The Morgan fingerprint density at radius 2 is 1.94 bits per heavy atom. The molecule has 1 atom stereocenters. The molecule has 0 saturated heterocycles. The third-order valence-corrected chi connectivity index (χ3v) is 4.83. The lowest BCUT2D eigenvalue weighted by Gasteiger charge is -2.22. The van der Waals surface area contributed by atoms with E-state index in [0.717, 1.165) is 10.1 Å². The van der Waals surface area contributed by atoms with E-state index in [1.165, 1.54) is 7.05 Å². The van der Waals surface area contributed by atoms with Gasteiger partial charge in [0, 0.05) is 12.6 Å². The summed E-state index contributed by atoms with van der Waals surface area (Å²) in [7, 11) is 1.46. The highest BCUT2D eigenvalue weighted by Crippen LogP contribution is 2.29. The van der Waals surface area contributed by atoms with Crippen LogP contribution in [0.5, 0.6) is 6.01 Å². The molecule has 0 aliphatic rings. The molecule has 0 saturated carbocycles. The van der Waals surface area contributed by atoms with Crippen molar-refractivity contribution in [1.29, 1.82) is 0 Å². The number of ether oxygens (including phenoxy) is 1. The van der Waals surface area contributed by atoms with Crippen molar-refractivity contribution in [2.75, 3.05) is 5.32 Å². The number of halogens is 1. The number of hydrogen-bond donors (Lipinski definition) is 2. The first kappa shape index (κ1) is 22.6. The monoisotopic (exact) mass is 444 g/mol. The normalized spacial score (nSPS) is 12.6. The quantitative estimate of drug-likeness (QED) is 0.460. The van der Waals surface area contributed by atoms with Gasteiger partial charge in [-0.25, -0.2) is 9.78 Å². The van der Waals surface area contributed by atoms with Crippen LogP contribution >= 0.6 is 11.6 Å². The maximum Gasteiger partial charge on any atom is 0.359 e. The molecular weight excluding hydrogens is 420 g/mol. The van der Waals surface area contributed by atoms with Gasteiger partial charge in [-0.05, 0) is 58.4 Å². The van der Waals surface area contributed by atoms with Gasteiger partial charge in [-0.3, -0.25) is 9.36 Å². The maximum absolute atomic E-state index is 12.7. The highest BCUT2D eigenvalue weighted by molar-refractivity contribution is 6.29. The molecule has 8 nitrogen and oxygen atoms in total. The predicted molar refractivity (Wildman–Crippen MR) is 120 cm³/mol. The molecule has 1 unspecified atom stereocenters. The van der Waals surface area contributed by atoms with E-state index in [1.54, 1.807) is 39.0 Å². The lowest BCUT2D eigenvalue weighted by atomic mass is 10.0. The number of esters is 1. The van der Waals surface area contributed by atoms with E-state index in [9.17, 15) is 14.7 Å². The van der Waals surface area contributed by atoms with E-state index in [-0.39, 0.29) is 28.5 Å². The largest absolute Gasteiger partial charge is 0.480 e. The summed E-state index contributed by atoms with van der Waals surface area (Å²) >= 11 is 6.01. The fourth-order valence-electron chi connectivity index (χ4n) is 3.22. The SMILES string of the molecule is Cc1cc(C(C)Nc2ccc(Cl)nc2C(=O)OC(C)(C)C)c2nc(O)n(C)c(=O)c2c1. The Bertz CT molecular complexity index is 1230. The number of hydrogen-bond acceptors (Lipinski definition) is 7. The summed E-state index contributed by atoms with van der Waals surface area (Å²) in [6, 6.07) is 6.06. The topological polar surface area (TPSA) is 106 Å². The number of benzene rings is 1. The highest BCUT2D eigenvalue weighted by Gasteiger charge is 2.24. The molecule has 9 heteroatoms. The van der Waals surface area contributed by atoms with Gasteiger partial charge in [0.2, 0.25) is 0 Å². The molecule has 0 amide bonds. The molecule has 0 spiro atoms. The van der Waals surface area contributed by atoms with Crippen molar-refractivity contribution in [2.24, 2.45) is 7.05 Å². The Labute approximate surface area is 184 Å². The van der Waals surface area contributed by atoms with Gasteiger partial charge in [0.1, 0.15) is 10.8 Å². The van der Waals surface area contributed by atoms with Crippen molar-refractivity contribution in [3.63, 3.8) is 0 Å². The first-order valence-corrected chi connectivity index (χ1v) is 10.1. The Morgan fingerprint density at radius 3 is 2.58 bits per heavy atom. The van der Waals surface area contributed by atoms with Crippen LogP contribution < -0.4 is 10.9 Å². The Balaban J connectivity index is 2.07. The van der Waals surface area contributed by atoms with Gasteiger partial charge < -0.3 is 15.2 Å². The third kappa shape index (κ3) is 4.80. The van der Waals surface area contributed by atoms with Crippen molar-refractivity contribution in [3.05, 3.63) is 56.6 Å². The zero-order valence-corrected chi connectivity index (χ0v) is 19.0. The summed E-state index contributed by atoms with van der Waals surface area (Å²) in [6.07, 6.45) is 0. The van der Waals surface area contributed by atoms with Gasteiger partial charge in [0.15, 0.2) is 5.69 Å². The summed E-state index contributed by atoms with van der Waals surface area (Å²) in [4.78, 5) is 33.6. The second-order valence-electron chi connectivity index (χ2n) is 8.42. The summed E-state index contributed by atoms with van der Waals surface area (Å²) < 4.78 is 6.54. The van der Waals surface area contributed by atoms with Crippen LogP contribution in [-0.2, 0) is 11.8 Å². The number of nitrogens with zero attached hydrogens (tertiary/aromatic N) is 3. The van der Waals surface area contributed by atoms with Crippen LogP contribution in [0.4, 0.5) is 5.69 Å². The standard InChI is InChI=1S/C22H25ClN4O4/c1-11-9-13(17-14(10-11)19(28)27(6)21(30)26-17)12(2)24-15-7-8-16(23)25-18(15)20(29)31-22(3,4)5/h7-10,12,24H,1-6H3,(H,26,30). The molecule has 31 heavy (non-hydrogen) atoms. The van der Waals surface area contributed by atoms with E-state index in [0.29, 0.717) is 22.2 Å². The van der Waals surface area contributed by atoms with Gasteiger partial charge in [0.25, 0.3) is 11.6 Å². The predicted octanol–water partition coefficient (Wildman–Crippen LogP) is 4.12. The minimum absolute atomic E-state index is 0.0537. The minimum Gasteiger partial charge on any atom is -0.480 e. The Kier molecular flexibility index (Phi) is 5.96. The molecule has 0 radical (unpaired) electrons. The van der Waals surface area contributed by atoms with Crippen LogP contribution in [0.15, 0.2) is 29.1 Å². The molecule has 164 valence electrons. The molecule has 3 rings (SSSR count). The van der Waals surface area contributed by atoms with Crippen LogP contribution in [-0.4, -0.2) is 31.2 Å². The minimum atomic E-state index is -0.696. The van der Waals surface area contributed by atoms with Crippen molar-refractivity contribution in [1.82, 2.24) is 14.5 Å². The fraction of sp³-hybridized carbons (Fsp3) is 0.364. The number of carbonyl (C=O) groups excluding carboxylic acids is 1. The van der Waals surface area contributed by atoms with Crippen LogP contribution in [0, 0.1) is 6.92 Å². The van der Waals surface area contributed by atoms with Gasteiger partial charge in [0.05, 0.1) is 22.6 Å². The highest BCUT2D eigenvalue weighted by atomic mass is 35.5. The van der Waals surface area contributed by atoms with E-state index in [1.807, 2.05) is 19.9 Å². The van der Waals surface area contributed by atoms with Crippen molar-refractivity contribution in [3.8, 4) is 6.01 Å². The molecule has 0 aliphatic heterocycles. The Morgan fingerprint density at radius 1 is 1.26 bits per heavy atom. The lowest BCUT2D eigenvalue weighted by molar-refractivity contribution is 0.00640. The summed E-state index contributed by atoms with van der Waals surface area (Å²) in [5.41, 5.74) is 1.37. The number of nitrogens with one attached hydrogen (secondary N) is 1. The maximum atomic E-state index is 12.7. The number of fused-ring (bicyclic) bond motifs is 1. The molecule has 2 aromatic heterocycles. The van der Waals surface area contributed by atoms with Gasteiger partial charge >= 0.3 is 5.97 Å². The number of anilines is 1. The van der Waals surface area contributed by atoms with Gasteiger partial charge in [-0.15, -0.1) is 0 Å². The molecule has 0 aliphatic carbocycles. The summed E-state index contributed by atoms with van der Waals surface area (Å²) in [5.74, 6) is -0.608. The number of rotatable bonds is 4. The van der Waals surface area contributed by atoms with Crippen molar-refractivity contribution >= 4 is 34.2 Å². The van der Waals surface area contributed by atoms with Gasteiger partial charge in [-0.2, -0.15) is 4.98 Å². The number of aryl methyl sites for hydroxylation is 1. The number of carbonyl (C=O) groups is 1. The average Bonchev–Trinajstić information content (AvgIpc) is 2.66. The number of pyridine rings is 1. The molecular formula is C22H25ClN4O4. The molecule has 2 N–H and O–H groups in total. The summed E-state index contributed by atoms with van der Waals surface area (Å²) in [5, 5.41) is 13.9. The van der Waals surface area contributed by atoms with Crippen LogP contribution in [0.25, 0.3) is 10.9 Å². The zero-order valence-electron chi connectivity index (χ0n) is 18.3. The molecule has 3 aromatic rings. The molecule has 1 aromatic carbocycles. The Hall–Kier alpha value is -3.13. The zero-order chi connectivity index (χ0) is 23.1. The molecule has 2 heterocycles. The van der Waals surface area contributed by atoms with Crippen molar-refractivity contribution < 1.29 is 14.6 Å². The second-order valence-corrected chi connectivity index (χ2v) is 8.81. The van der Waals surface area contributed by atoms with Gasteiger partial charge in [-0.1, -0.05) is 17.7 Å². The first-order valence-electron chi connectivity index (χ1n) is 9.74. The van der Waals surface area contributed by atoms with E-state index >= 15 is 0 Å². The third-order valence-electron chi connectivity index (χ3n) is 4.62. The van der Waals surface area contributed by atoms with Crippen molar-refractivity contribution in [2.45, 2.75) is 46.3 Å². The van der Waals surface area contributed by atoms with Crippen LogP contribution in [0.2, 0.25) is 5.15 Å². The van der Waals surface area contributed by atoms with Crippen LogP contribution in [0.1, 0.15) is 55.4 Å². The average molecular weight is 445 g/mol.